The Balaban J connectivity index is 2.10. The number of methoxy groups -OCH3 is 3. The molecule has 2 aromatic rings. The number of esters is 1. The third-order valence-electron chi connectivity index (χ3n) is 3.34. The molecule has 6 nitrogen and oxygen atoms in total. The van der Waals surface area contributed by atoms with Gasteiger partial charge in [0.05, 0.1) is 26.9 Å². The van der Waals surface area contributed by atoms with E-state index in [1.807, 2.05) is 0 Å². The number of ether oxygens (including phenoxy) is 4. The first-order chi connectivity index (χ1) is 11.6. The van der Waals surface area contributed by atoms with Crippen molar-refractivity contribution < 1.29 is 28.5 Å². The van der Waals surface area contributed by atoms with Crippen molar-refractivity contribution >= 4 is 11.8 Å². The van der Waals surface area contributed by atoms with E-state index in [1.54, 1.807) is 36.4 Å². The number of hydrogen-bond acceptors (Lipinski definition) is 6. The second-order valence-electron chi connectivity index (χ2n) is 4.80. The summed E-state index contributed by atoms with van der Waals surface area (Å²) in [5, 5.41) is 0. The van der Waals surface area contributed by atoms with Crippen LogP contribution in [0.15, 0.2) is 42.5 Å². The van der Waals surface area contributed by atoms with E-state index in [0.29, 0.717) is 28.4 Å². The lowest BCUT2D eigenvalue weighted by atomic mass is 10.1. The number of rotatable bonds is 7. The molecule has 0 saturated carbocycles. The molecule has 0 bridgehead atoms. The highest BCUT2D eigenvalue weighted by Crippen LogP contribution is 2.28. The molecule has 0 aliphatic rings. The van der Waals surface area contributed by atoms with E-state index in [-0.39, 0.29) is 12.4 Å². The molecule has 0 amide bonds. The van der Waals surface area contributed by atoms with Crippen molar-refractivity contribution in [2.75, 3.05) is 27.9 Å². The fourth-order valence-electron chi connectivity index (χ4n) is 2.05. The fourth-order valence-corrected chi connectivity index (χ4v) is 2.05. The van der Waals surface area contributed by atoms with E-state index >= 15 is 0 Å². The molecule has 24 heavy (non-hydrogen) atoms. The van der Waals surface area contributed by atoms with Gasteiger partial charge in [0, 0.05) is 5.56 Å². The number of benzene rings is 2. The van der Waals surface area contributed by atoms with Crippen molar-refractivity contribution in [1.29, 1.82) is 0 Å². The molecule has 0 N–H and O–H groups in total. The van der Waals surface area contributed by atoms with Crippen molar-refractivity contribution in [3.05, 3.63) is 53.6 Å². The molecule has 0 aromatic heterocycles. The number of ketones is 1. The quantitative estimate of drug-likeness (QED) is 0.574. The van der Waals surface area contributed by atoms with E-state index in [4.69, 9.17) is 14.2 Å². The van der Waals surface area contributed by atoms with E-state index in [9.17, 15) is 9.59 Å². The summed E-state index contributed by atoms with van der Waals surface area (Å²) in [6.07, 6.45) is 0. The highest BCUT2D eigenvalue weighted by Gasteiger charge is 2.13. The lowest BCUT2D eigenvalue weighted by molar-refractivity contribution is 0.0600. The average molecular weight is 330 g/mol. The predicted octanol–water partition coefficient (Wildman–Crippen LogP) is 2.75. The fraction of sp³-hybridized carbons (Fsp3) is 0.222. The van der Waals surface area contributed by atoms with Gasteiger partial charge in [0.1, 0.15) is 5.75 Å². The van der Waals surface area contributed by atoms with Crippen LogP contribution in [0.2, 0.25) is 0 Å². The number of carbonyl (C=O) groups excluding carboxylic acids is 2. The average Bonchev–Trinajstić information content (AvgIpc) is 2.65. The Kier molecular flexibility index (Phi) is 5.78. The van der Waals surface area contributed by atoms with Gasteiger partial charge in [-0.25, -0.2) is 4.79 Å². The van der Waals surface area contributed by atoms with Gasteiger partial charge < -0.3 is 18.9 Å². The molecular weight excluding hydrogens is 312 g/mol. The van der Waals surface area contributed by atoms with Crippen LogP contribution in [-0.4, -0.2) is 39.7 Å². The highest BCUT2D eigenvalue weighted by atomic mass is 16.5. The molecule has 2 aromatic carbocycles. The second kappa shape index (κ2) is 8.01. The standard InChI is InChI=1S/C18H18O6/c1-21-14-6-4-5-12(9-14)15(19)11-24-16-8-7-13(18(20)23-3)10-17(16)22-2/h4-10H,11H2,1-3H3. The molecule has 0 fully saturated rings. The summed E-state index contributed by atoms with van der Waals surface area (Å²) in [6.45, 7) is -0.166. The Hall–Kier alpha value is -3.02. The summed E-state index contributed by atoms with van der Waals surface area (Å²) >= 11 is 0. The van der Waals surface area contributed by atoms with Crippen LogP contribution in [0.3, 0.4) is 0 Å². The van der Waals surface area contributed by atoms with Gasteiger partial charge in [-0.05, 0) is 30.3 Å². The summed E-state index contributed by atoms with van der Waals surface area (Å²) < 4.78 is 20.5. The maximum atomic E-state index is 12.2. The number of carbonyl (C=O) groups is 2. The van der Waals surface area contributed by atoms with Crippen molar-refractivity contribution in [3.8, 4) is 17.2 Å². The van der Waals surface area contributed by atoms with E-state index < -0.39 is 5.97 Å². The van der Waals surface area contributed by atoms with Gasteiger partial charge in [-0.2, -0.15) is 0 Å². The zero-order valence-corrected chi connectivity index (χ0v) is 13.7. The Labute approximate surface area is 139 Å². The van der Waals surface area contributed by atoms with Crippen LogP contribution in [-0.2, 0) is 4.74 Å². The van der Waals surface area contributed by atoms with Crippen LogP contribution in [0.5, 0.6) is 17.2 Å². The first-order valence-electron chi connectivity index (χ1n) is 7.15. The largest absolute Gasteiger partial charge is 0.497 e. The van der Waals surface area contributed by atoms with Gasteiger partial charge in [0.15, 0.2) is 23.9 Å². The highest BCUT2D eigenvalue weighted by molar-refractivity contribution is 5.97. The Morgan fingerprint density at radius 2 is 1.67 bits per heavy atom. The zero-order chi connectivity index (χ0) is 17.5. The van der Waals surface area contributed by atoms with Crippen LogP contribution >= 0.6 is 0 Å². The van der Waals surface area contributed by atoms with Crippen molar-refractivity contribution in [1.82, 2.24) is 0 Å². The van der Waals surface area contributed by atoms with Gasteiger partial charge >= 0.3 is 5.97 Å². The maximum absolute atomic E-state index is 12.2. The summed E-state index contributed by atoms with van der Waals surface area (Å²) in [5.41, 5.74) is 0.820. The minimum atomic E-state index is -0.479. The topological polar surface area (TPSA) is 71.1 Å². The van der Waals surface area contributed by atoms with Gasteiger partial charge in [0.2, 0.25) is 0 Å². The summed E-state index contributed by atoms with van der Waals surface area (Å²) in [7, 11) is 4.28. The number of hydrogen-bond donors (Lipinski definition) is 0. The van der Waals surface area contributed by atoms with Gasteiger partial charge in [-0.1, -0.05) is 12.1 Å². The molecule has 0 radical (unpaired) electrons. The summed E-state index contributed by atoms with van der Waals surface area (Å²) in [6, 6.07) is 11.4. The lowest BCUT2D eigenvalue weighted by Gasteiger charge is -2.11. The first kappa shape index (κ1) is 17.3. The first-order valence-corrected chi connectivity index (χ1v) is 7.15. The van der Waals surface area contributed by atoms with Gasteiger partial charge in [-0.15, -0.1) is 0 Å². The maximum Gasteiger partial charge on any atom is 0.337 e. The molecule has 0 aliphatic carbocycles. The molecule has 0 spiro atoms. The Morgan fingerprint density at radius 3 is 2.33 bits per heavy atom. The molecule has 0 aliphatic heterocycles. The zero-order valence-electron chi connectivity index (χ0n) is 13.7. The minimum absolute atomic E-state index is 0.166. The number of Topliss-reactive ketones (excluding diaryl/α,β-unsaturated/α-hetero) is 1. The Bertz CT molecular complexity index is 738. The van der Waals surface area contributed by atoms with Crippen LogP contribution in [0, 0.1) is 0 Å². The smallest absolute Gasteiger partial charge is 0.337 e. The van der Waals surface area contributed by atoms with Gasteiger partial charge in [-0.3, -0.25) is 4.79 Å². The SMILES string of the molecule is COC(=O)c1ccc(OCC(=O)c2cccc(OC)c2)c(OC)c1. The third-order valence-corrected chi connectivity index (χ3v) is 3.34. The van der Waals surface area contributed by atoms with Crippen molar-refractivity contribution in [2.24, 2.45) is 0 Å². The van der Waals surface area contributed by atoms with Crippen LogP contribution in [0.4, 0.5) is 0 Å². The van der Waals surface area contributed by atoms with E-state index in [0.717, 1.165) is 0 Å². The van der Waals surface area contributed by atoms with Crippen molar-refractivity contribution in [3.63, 3.8) is 0 Å². The van der Waals surface area contributed by atoms with E-state index in [1.165, 1.54) is 27.4 Å². The monoisotopic (exact) mass is 330 g/mol. The van der Waals surface area contributed by atoms with E-state index in [2.05, 4.69) is 4.74 Å². The molecule has 2 rings (SSSR count). The molecule has 0 atom stereocenters. The normalized spacial score (nSPS) is 9.96. The molecule has 0 unspecified atom stereocenters. The Morgan fingerprint density at radius 1 is 0.875 bits per heavy atom. The predicted molar refractivity (Wildman–Crippen MR) is 87.2 cm³/mol. The van der Waals surface area contributed by atoms with Crippen LogP contribution in [0.1, 0.15) is 20.7 Å². The molecule has 0 heterocycles. The van der Waals surface area contributed by atoms with Gasteiger partial charge in [0.25, 0.3) is 0 Å². The molecule has 0 saturated heterocycles. The molecule has 126 valence electrons. The second-order valence-corrected chi connectivity index (χ2v) is 4.80. The van der Waals surface area contributed by atoms with Crippen molar-refractivity contribution in [2.45, 2.75) is 0 Å². The summed E-state index contributed by atoms with van der Waals surface area (Å²) in [4.78, 5) is 23.7. The van der Waals surface area contributed by atoms with Crippen LogP contribution in [0.25, 0.3) is 0 Å². The molecule has 6 heteroatoms. The minimum Gasteiger partial charge on any atom is -0.497 e. The lowest BCUT2D eigenvalue weighted by Crippen LogP contribution is -2.12. The molecular formula is C18H18O6. The van der Waals surface area contributed by atoms with Crippen LogP contribution < -0.4 is 14.2 Å². The summed E-state index contributed by atoms with van der Waals surface area (Å²) in [5.74, 6) is 0.624. The third kappa shape index (κ3) is 4.04.